The molecule has 64 valence electrons. The van der Waals surface area contributed by atoms with Crippen molar-refractivity contribution < 1.29 is 5.11 Å². The first kappa shape index (κ1) is 8.79. The van der Waals surface area contributed by atoms with E-state index in [1.165, 1.54) is 12.0 Å². The average Bonchev–Trinajstić information content (AvgIpc) is 2.19. The predicted octanol–water partition coefficient (Wildman–Crippen LogP) is 2.36. The summed E-state index contributed by atoms with van der Waals surface area (Å²) < 4.78 is 0. The SMILES string of the molecule is C=C1CC[C@@](C)(CCO)[C@H]1C. The highest BCUT2D eigenvalue weighted by Gasteiger charge is 2.37. The van der Waals surface area contributed by atoms with Crippen LogP contribution in [-0.4, -0.2) is 11.7 Å². The molecule has 1 aliphatic rings. The van der Waals surface area contributed by atoms with Crippen LogP contribution in [0.3, 0.4) is 0 Å². The van der Waals surface area contributed by atoms with Gasteiger partial charge >= 0.3 is 0 Å². The lowest BCUT2D eigenvalue weighted by atomic mass is 9.77. The minimum absolute atomic E-state index is 0.314. The largest absolute Gasteiger partial charge is 0.396 e. The number of rotatable bonds is 2. The van der Waals surface area contributed by atoms with Gasteiger partial charge in [0.25, 0.3) is 0 Å². The van der Waals surface area contributed by atoms with Crippen LogP contribution in [0.1, 0.15) is 33.1 Å². The molecule has 0 radical (unpaired) electrons. The average molecular weight is 154 g/mol. The standard InChI is InChI=1S/C10H18O/c1-8-4-5-10(3,6-7-11)9(8)2/h9,11H,1,4-7H2,2-3H3/t9-,10-/m0/s1. The smallest absolute Gasteiger partial charge is 0.0436 e. The summed E-state index contributed by atoms with van der Waals surface area (Å²) in [6.07, 6.45) is 3.28. The van der Waals surface area contributed by atoms with Crippen LogP contribution in [-0.2, 0) is 0 Å². The minimum Gasteiger partial charge on any atom is -0.396 e. The highest BCUT2D eigenvalue weighted by atomic mass is 16.3. The number of allylic oxidation sites excluding steroid dienone is 1. The molecule has 2 atom stereocenters. The van der Waals surface area contributed by atoms with E-state index in [1.54, 1.807) is 0 Å². The quantitative estimate of drug-likeness (QED) is 0.605. The van der Waals surface area contributed by atoms with E-state index in [4.69, 9.17) is 5.11 Å². The molecule has 0 saturated heterocycles. The fraction of sp³-hybridized carbons (Fsp3) is 0.800. The molecule has 1 N–H and O–H groups in total. The fourth-order valence-electron chi connectivity index (χ4n) is 1.97. The van der Waals surface area contributed by atoms with E-state index < -0.39 is 0 Å². The molecule has 0 aromatic rings. The molecule has 1 heteroatoms. The van der Waals surface area contributed by atoms with Crippen molar-refractivity contribution >= 4 is 0 Å². The molecule has 1 saturated carbocycles. The van der Waals surface area contributed by atoms with Gasteiger partial charge in [-0.05, 0) is 30.6 Å². The first-order valence-electron chi connectivity index (χ1n) is 4.39. The highest BCUT2D eigenvalue weighted by Crippen LogP contribution is 2.47. The summed E-state index contributed by atoms with van der Waals surface area (Å²) in [7, 11) is 0. The predicted molar refractivity (Wildman–Crippen MR) is 47.3 cm³/mol. The maximum absolute atomic E-state index is 8.87. The maximum Gasteiger partial charge on any atom is 0.0436 e. The van der Waals surface area contributed by atoms with Crippen LogP contribution in [0.25, 0.3) is 0 Å². The highest BCUT2D eigenvalue weighted by molar-refractivity contribution is 5.11. The summed E-state index contributed by atoms with van der Waals surface area (Å²) in [5, 5.41) is 8.87. The molecule has 0 heterocycles. The summed E-state index contributed by atoms with van der Waals surface area (Å²) in [6, 6.07) is 0. The number of hydrogen-bond acceptors (Lipinski definition) is 1. The van der Waals surface area contributed by atoms with Crippen molar-refractivity contribution in [3.63, 3.8) is 0 Å². The summed E-state index contributed by atoms with van der Waals surface area (Å²) in [5.74, 6) is 0.592. The Morgan fingerprint density at radius 2 is 2.36 bits per heavy atom. The van der Waals surface area contributed by atoms with E-state index in [9.17, 15) is 0 Å². The molecule has 0 aromatic carbocycles. The third-order valence-electron chi connectivity index (χ3n) is 3.36. The van der Waals surface area contributed by atoms with Crippen LogP contribution >= 0.6 is 0 Å². The first-order valence-corrected chi connectivity index (χ1v) is 4.39. The van der Waals surface area contributed by atoms with Crippen molar-refractivity contribution in [1.29, 1.82) is 0 Å². The molecular formula is C10H18O. The molecule has 0 spiro atoms. The van der Waals surface area contributed by atoms with Gasteiger partial charge in [-0.15, -0.1) is 0 Å². The van der Waals surface area contributed by atoms with Gasteiger partial charge in [-0.1, -0.05) is 26.0 Å². The van der Waals surface area contributed by atoms with Crippen molar-refractivity contribution in [2.75, 3.05) is 6.61 Å². The third kappa shape index (κ3) is 1.48. The van der Waals surface area contributed by atoms with E-state index in [0.717, 1.165) is 12.8 Å². The Morgan fingerprint density at radius 1 is 1.73 bits per heavy atom. The van der Waals surface area contributed by atoms with Gasteiger partial charge in [-0.3, -0.25) is 0 Å². The molecule has 1 nitrogen and oxygen atoms in total. The Kier molecular flexibility index (Phi) is 2.38. The van der Waals surface area contributed by atoms with Crippen LogP contribution in [0.15, 0.2) is 12.2 Å². The Bertz CT molecular complexity index is 162. The Hall–Kier alpha value is -0.300. The van der Waals surface area contributed by atoms with Crippen molar-refractivity contribution in [3.8, 4) is 0 Å². The van der Waals surface area contributed by atoms with Crippen molar-refractivity contribution in [2.24, 2.45) is 11.3 Å². The van der Waals surface area contributed by atoms with Gasteiger partial charge in [0.1, 0.15) is 0 Å². The Balaban J connectivity index is 2.64. The van der Waals surface area contributed by atoms with Crippen molar-refractivity contribution in [1.82, 2.24) is 0 Å². The van der Waals surface area contributed by atoms with E-state index in [2.05, 4.69) is 20.4 Å². The third-order valence-corrected chi connectivity index (χ3v) is 3.36. The molecule has 11 heavy (non-hydrogen) atoms. The molecular weight excluding hydrogens is 136 g/mol. The first-order chi connectivity index (χ1) is 5.10. The van der Waals surface area contributed by atoms with Gasteiger partial charge in [0, 0.05) is 6.61 Å². The molecule has 1 fully saturated rings. The maximum atomic E-state index is 8.87. The van der Waals surface area contributed by atoms with Gasteiger partial charge in [0.15, 0.2) is 0 Å². The molecule has 0 aliphatic heterocycles. The van der Waals surface area contributed by atoms with E-state index in [-0.39, 0.29) is 0 Å². The Morgan fingerprint density at radius 3 is 2.73 bits per heavy atom. The lowest BCUT2D eigenvalue weighted by molar-refractivity contribution is 0.169. The monoisotopic (exact) mass is 154 g/mol. The summed E-state index contributed by atoms with van der Waals surface area (Å²) >= 11 is 0. The second-order valence-corrected chi connectivity index (χ2v) is 4.01. The van der Waals surface area contributed by atoms with Gasteiger partial charge in [-0.25, -0.2) is 0 Å². The summed E-state index contributed by atoms with van der Waals surface area (Å²) in [4.78, 5) is 0. The van der Waals surface area contributed by atoms with Crippen molar-refractivity contribution in [2.45, 2.75) is 33.1 Å². The normalized spacial score (nSPS) is 38.1. The molecule has 0 unspecified atom stereocenters. The van der Waals surface area contributed by atoms with E-state index in [0.29, 0.717) is 17.9 Å². The van der Waals surface area contributed by atoms with Gasteiger partial charge < -0.3 is 5.11 Å². The minimum atomic E-state index is 0.314. The fourth-order valence-corrected chi connectivity index (χ4v) is 1.97. The second kappa shape index (κ2) is 2.98. The molecule has 1 rings (SSSR count). The van der Waals surface area contributed by atoms with Crippen molar-refractivity contribution in [3.05, 3.63) is 12.2 Å². The van der Waals surface area contributed by atoms with Gasteiger partial charge in [0.05, 0.1) is 0 Å². The van der Waals surface area contributed by atoms with E-state index >= 15 is 0 Å². The zero-order valence-corrected chi connectivity index (χ0v) is 7.56. The summed E-state index contributed by atoms with van der Waals surface area (Å²) in [5.41, 5.74) is 1.69. The number of hydrogen-bond donors (Lipinski definition) is 1. The number of aliphatic hydroxyl groups excluding tert-OH is 1. The topological polar surface area (TPSA) is 20.2 Å². The lowest BCUT2D eigenvalue weighted by Gasteiger charge is -2.28. The van der Waals surface area contributed by atoms with Crippen LogP contribution in [0, 0.1) is 11.3 Å². The van der Waals surface area contributed by atoms with Gasteiger partial charge in [0.2, 0.25) is 0 Å². The number of aliphatic hydroxyl groups is 1. The van der Waals surface area contributed by atoms with Gasteiger partial charge in [-0.2, -0.15) is 0 Å². The van der Waals surface area contributed by atoms with Crippen LogP contribution in [0.2, 0.25) is 0 Å². The summed E-state index contributed by atoms with van der Waals surface area (Å²) in [6.45, 7) is 8.83. The molecule has 0 bridgehead atoms. The lowest BCUT2D eigenvalue weighted by Crippen LogP contribution is -2.21. The van der Waals surface area contributed by atoms with Crippen LogP contribution < -0.4 is 0 Å². The van der Waals surface area contributed by atoms with Crippen LogP contribution in [0.4, 0.5) is 0 Å². The van der Waals surface area contributed by atoms with E-state index in [1.807, 2.05) is 0 Å². The van der Waals surface area contributed by atoms with Crippen LogP contribution in [0.5, 0.6) is 0 Å². The Labute approximate surface area is 69.1 Å². The molecule has 0 aromatic heterocycles. The zero-order chi connectivity index (χ0) is 8.48. The molecule has 1 aliphatic carbocycles. The molecule has 0 amide bonds. The zero-order valence-electron chi connectivity index (χ0n) is 7.56. The second-order valence-electron chi connectivity index (χ2n) is 4.01.